The number of nitrogens with one attached hydrogen (secondary N) is 1. The predicted octanol–water partition coefficient (Wildman–Crippen LogP) is 1.96. The van der Waals surface area contributed by atoms with E-state index >= 15 is 0 Å². The van der Waals surface area contributed by atoms with E-state index in [9.17, 15) is 13.2 Å². The molecule has 7 heteroatoms. The molecule has 0 saturated heterocycles. The normalized spacial score (nSPS) is 12.0. The van der Waals surface area contributed by atoms with E-state index in [4.69, 9.17) is 0 Å². The highest BCUT2D eigenvalue weighted by atomic mass is 19.4. The number of rotatable bonds is 8. The average Bonchev–Trinajstić information content (AvgIpc) is 2.71. The van der Waals surface area contributed by atoms with Crippen molar-refractivity contribution in [1.82, 2.24) is 14.9 Å². The number of aromatic nitrogens is 2. The third-order valence-corrected chi connectivity index (χ3v) is 2.25. The van der Waals surface area contributed by atoms with Gasteiger partial charge >= 0.3 is 6.18 Å². The van der Waals surface area contributed by atoms with Crippen LogP contribution in [0.4, 0.5) is 13.2 Å². The third kappa shape index (κ3) is 6.02. The van der Waals surface area contributed by atoms with Crippen molar-refractivity contribution in [2.75, 3.05) is 19.8 Å². The van der Waals surface area contributed by atoms with E-state index in [1.54, 1.807) is 17.0 Å². The van der Waals surface area contributed by atoms with Gasteiger partial charge in [-0.2, -0.15) is 13.2 Å². The molecule has 0 radical (unpaired) electrons. The Labute approximate surface area is 104 Å². The number of hydrogen-bond donors (Lipinski definition) is 1. The number of alkyl halides is 3. The van der Waals surface area contributed by atoms with E-state index in [1.165, 1.54) is 0 Å². The summed E-state index contributed by atoms with van der Waals surface area (Å²) >= 11 is 0. The molecule has 0 spiro atoms. The van der Waals surface area contributed by atoms with Gasteiger partial charge < -0.3 is 14.6 Å². The smallest absolute Gasteiger partial charge is 0.370 e. The molecule has 104 valence electrons. The number of imidazole rings is 1. The largest absolute Gasteiger partial charge is 0.411 e. The van der Waals surface area contributed by atoms with Gasteiger partial charge in [0.25, 0.3) is 0 Å². The Morgan fingerprint density at radius 2 is 2.22 bits per heavy atom. The molecule has 0 saturated carbocycles. The van der Waals surface area contributed by atoms with E-state index in [0.717, 1.165) is 18.8 Å². The first-order valence-corrected chi connectivity index (χ1v) is 5.88. The second kappa shape index (κ2) is 7.38. The lowest BCUT2D eigenvalue weighted by atomic mass is 10.4. The standard InChI is InChI=1S/C11H18F3N3O/c1-2-3-15-8-10-16-4-5-17(10)6-7-18-9-11(12,13)14/h4-5,15H,2-3,6-9H2,1H3. The lowest BCUT2D eigenvalue weighted by molar-refractivity contribution is -0.174. The van der Waals surface area contributed by atoms with E-state index in [0.29, 0.717) is 13.1 Å². The van der Waals surface area contributed by atoms with Gasteiger partial charge in [0.1, 0.15) is 12.4 Å². The zero-order chi connectivity index (χ0) is 13.4. The van der Waals surface area contributed by atoms with Crippen LogP contribution in [-0.4, -0.2) is 35.5 Å². The summed E-state index contributed by atoms with van der Waals surface area (Å²) in [4.78, 5) is 4.14. The van der Waals surface area contributed by atoms with Crippen molar-refractivity contribution < 1.29 is 17.9 Å². The van der Waals surface area contributed by atoms with Gasteiger partial charge in [0, 0.05) is 18.9 Å². The topological polar surface area (TPSA) is 39.1 Å². The van der Waals surface area contributed by atoms with Crippen molar-refractivity contribution in [3.05, 3.63) is 18.2 Å². The van der Waals surface area contributed by atoms with Crippen LogP contribution in [0.3, 0.4) is 0 Å². The van der Waals surface area contributed by atoms with Gasteiger partial charge in [0.05, 0.1) is 13.2 Å². The van der Waals surface area contributed by atoms with Crippen molar-refractivity contribution >= 4 is 0 Å². The van der Waals surface area contributed by atoms with Gasteiger partial charge in [0.15, 0.2) is 0 Å². The molecule has 1 aromatic rings. The zero-order valence-corrected chi connectivity index (χ0v) is 10.3. The highest BCUT2D eigenvalue weighted by molar-refractivity contribution is 4.91. The highest BCUT2D eigenvalue weighted by Gasteiger charge is 2.27. The maximum Gasteiger partial charge on any atom is 0.411 e. The van der Waals surface area contributed by atoms with Crippen LogP contribution in [0.5, 0.6) is 0 Å². The lowest BCUT2D eigenvalue weighted by Gasteiger charge is -2.10. The Morgan fingerprint density at radius 3 is 2.89 bits per heavy atom. The first kappa shape index (κ1) is 15.0. The molecule has 0 amide bonds. The highest BCUT2D eigenvalue weighted by Crippen LogP contribution is 2.14. The van der Waals surface area contributed by atoms with Gasteiger partial charge in [-0.3, -0.25) is 0 Å². The van der Waals surface area contributed by atoms with Crippen LogP contribution in [0, 0.1) is 0 Å². The Balaban J connectivity index is 2.27. The molecule has 0 bridgehead atoms. The fraction of sp³-hybridized carbons (Fsp3) is 0.727. The van der Waals surface area contributed by atoms with Crippen molar-refractivity contribution in [1.29, 1.82) is 0 Å². The van der Waals surface area contributed by atoms with Crippen molar-refractivity contribution in [3.63, 3.8) is 0 Å². The molecule has 1 heterocycles. The van der Waals surface area contributed by atoms with Crippen molar-refractivity contribution in [3.8, 4) is 0 Å². The lowest BCUT2D eigenvalue weighted by Crippen LogP contribution is -2.21. The predicted molar refractivity (Wildman–Crippen MR) is 61.1 cm³/mol. The first-order chi connectivity index (χ1) is 8.53. The van der Waals surface area contributed by atoms with Crippen molar-refractivity contribution in [2.24, 2.45) is 0 Å². The molecule has 0 aliphatic heterocycles. The molecule has 0 aliphatic rings. The summed E-state index contributed by atoms with van der Waals surface area (Å²) in [6.45, 7) is 2.75. The van der Waals surface area contributed by atoms with Crippen LogP contribution < -0.4 is 5.32 Å². The molecular formula is C11H18F3N3O. The quantitative estimate of drug-likeness (QED) is 0.730. The Bertz CT molecular complexity index is 339. The van der Waals surface area contributed by atoms with Crippen LogP contribution in [0.2, 0.25) is 0 Å². The molecule has 0 fully saturated rings. The average molecular weight is 265 g/mol. The summed E-state index contributed by atoms with van der Waals surface area (Å²) in [5, 5.41) is 3.19. The minimum absolute atomic E-state index is 0.0245. The first-order valence-electron chi connectivity index (χ1n) is 5.88. The number of halogens is 3. The van der Waals surface area contributed by atoms with Crippen LogP contribution in [0.25, 0.3) is 0 Å². The molecule has 18 heavy (non-hydrogen) atoms. The molecular weight excluding hydrogens is 247 g/mol. The summed E-state index contributed by atoms with van der Waals surface area (Å²) in [5.74, 6) is 0.805. The number of nitrogens with zero attached hydrogens (tertiary/aromatic N) is 2. The molecule has 1 N–H and O–H groups in total. The van der Waals surface area contributed by atoms with Gasteiger partial charge in [0.2, 0.25) is 0 Å². The fourth-order valence-corrected chi connectivity index (χ4v) is 1.44. The minimum Gasteiger partial charge on any atom is -0.370 e. The summed E-state index contributed by atoms with van der Waals surface area (Å²) in [7, 11) is 0. The minimum atomic E-state index is -4.26. The molecule has 1 aromatic heterocycles. The molecule has 4 nitrogen and oxygen atoms in total. The summed E-state index contributed by atoms with van der Waals surface area (Å²) in [6, 6.07) is 0. The third-order valence-electron chi connectivity index (χ3n) is 2.25. The Morgan fingerprint density at radius 1 is 1.44 bits per heavy atom. The van der Waals surface area contributed by atoms with Crippen molar-refractivity contribution in [2.45, 2.75) is 32.6 Å². The monoisotopic (exact) mass is 265 g/mol. The van der Waals surface area contributed by atoms with E-state index in [-0.39, 0.29) is 6.61 Å². The van der Waals surface area contributed by atoms with Crippen LogP contribution >= 0.6 is 0 Å². The van der Waals surface area contributed by atoms with Gasteiger partial charge in [-0.15, -0.1) is 0 Å². The second-order valence-corrected chi connectivity index (χ2v) is 3.88. The Kier molecular flexibility index (Phi) is 6.14. The second-order valence-electron chi connectivity index (χ2n) is 3.88. The van der Waals surface area contributed by atoms with Gasteiger partial charge in [-0.05, 0) is 13.0 Å². The van der Waals surface area contributed by atoms with Crippen LogP contribution in [-0.2, 0) is 17.8 Å². The number of hydrogen-bond acceptors (Lipinski definition) is 3. The zero-order valence-electron chi connectivity index (χ0n) is 10.3. The van der Waals surface area contributed by atoms with E-state index in [2.05, 4.69) is 22.0 Å². The molecule has 0 unspecified atom stereocenters. The van der Waals surface area contributed by atoms with E-state index in [1.807, 2.05) is 0 Å². The number of ether oxygens (including phenoxy) is 1. The maximum atomic E-state index is 11.9. The molecule has 1 rings (SSSR count). The van der Waals surface area contributed by atoms with Crippen LogP contribution in [0.15, 0.2) is 12.4 Å². The summed E-state index contributed by atoms with van der Waals surface area (Å²) in [5.41, 5.74) is 0. The SMILES string of the molecule is CCCNCc1nccn1CCOCC(F)(F)F. The molecule has 0 atom stereocenters. The fourth-order valence-electron chi connectivity index (χ4n) is 1.44. The van der Waals surface area contributed by atoms with Gasteiger partial charge in [-0.1, -0.05) is 6.92 Å². The molecule has 0 aliphatic carbocycles. The summed E-state index contributed by atoms with van der Waals surface area (Å²) in [6.07, 6.45) is 0.127. The molecule has 0 aromatic carbocycles. The Hall–Kier alpha value is -1.08. The van der Waals surface area contributed by atoms with E-state index < -0.39 is 12.8 Å². The van der Waals surface area contributed by atoms with Gasteiger partial charge in [-0.25, -0.2) is 4.98 Å². The van der Waals surface area contributed by atoms with Crippen LogP contribution in [0.1, 0.15) is 19.2 Å². The summed E-state index contributed by atoms with van der Waals surface area (Å²) < 4.78 is 41.9. The maximum absolute atomic E-state index is 11.9.